The summed E-state index contributed by atoms with van der Waals surface area (Å²) in [4.78, 5) is 20.8. The first kappa shape index (κ1) is 19.6. The Kier molecular flexibility index (Phi) is 5.97. The number of pyridine rings is 1. The molecular weight excluding hydrogens is 356 g/mol. The third kappa shape index (κ3) is 3.92. The number of amides is 1. The summed E-state index contributed by atoms with van der Waals surface area (Å²) in [5.41, 5.74) is 15.3. The second kappa shape index (κ2) is 8.23. The SMILES string of the molecule is Cc1cccnc1C1CC(C)N(C(=O)c2csc(/C(=C/N)CN)c2)C(C)C1. The zero-order valence-electron chi connectivity index (χ0n) is 16.2. The van der Waals surface area contributed by atoms with Gasteiger partial charge in [0.25, 0.3) is 5.91 Å². The number of carbonyl (C=O) groups excluding carboxylic acids is 1. The summed E-state index contributed by atoms with van der Waals surface area (Å²) in [6.45, 7) is 6.75. The molecule has 0 radical (unpaired) electrons. The van der Waals surface area contributed by atoms with E-state index in [9.17, 15) is 4.79 Å². The van der Waals surface area contributed by atoms with E-state index in [-0.39, 0.29) is 18.0 Å². The number of hydrogen-bond acceptors (Lipinski definition) is 5. The van der Waals surface area contributed by atoms with Crippen LogP contribution in [0.1, 0.15) is 59.1 Å². The van der Waals surface area contributed by atoms with Gasteiger partial charge in [0, 0.05) is 46.7 Å². The van der Waals surface area contributed by atoms with Crippen molar-refractivity contribution in [1.82, 2.24) is 9.88 Å². The Morgan fingerprint density at radius 3 is 2.67 bits per heavy atom. The van der Waals surface area contributed by atoms with Crippen LogP contribution in [0, 0.1) is 6.92 Å². The minimum absolute atomic E-state index is 0.0853. The van der Waals surface area contributed by atoms with E-state index < -0.39 is 0 Å². The minimum Gasteiger partial charge on any atom is -0.404 e. The molecule has 1 amide bonds. The number of rotatable bonds is 4. The maximum atomic E-state index is 13.2. The van der Waals surface area contributed by atoms with Gasteiger partial charge < -0.3 is 16.4 Å². The number of carbonyl (C=O) groups is 1. The molecule has 27 heavy (non-hydrogen) atoms. The molecule has 1 aliphatic rings. The van der Waals surface area contributed by atoms with Crippen molar-refractivity contribution in [2.75, 3.05) is 6.54 Å². The van der Waals surface area contributed by atoms with Gasteiger partial charge in [-0.2, -0.15) is 0 Å². The van der Waals surface area contributed by atoms with E-state index >= 15 is 0 Å². The largest absolute Gasteiger partial charge is 0.404 e. The van der Waals surface area contributed by atoms with E-state index in [2.05, 4.69) is 31.8 Å². The molecule has 3 rings (SSSR count). The van der Waals surface area contributed by atoms with Crippen molar-refractivity contribution in [3.8, 4) is 0 Å². The van der Waals surface area contributed by atoms with E-state index in [0.29, 0.717) is 18.0 Å². The Morgan fingerprint density at radius 2 is 2.07 bits per heavy atom. The van der Waals surface area contributed by atoms with E-state index in [0.717, 1.165) is 23.3 Å². The maximum Gasteiger partial charge on any atom is 0.255 e. The van der Waals surface area contributed by atoms with Gasteiger partial charge in [-0.05, 0) is 63.1 Å². The van der Waals surface area contributed by atoms with E-state index in [1.807, 2.05) is 28.6 Å². The van der Waals surface area contributed by atoms with Crippen LogP contribution in [0.4, 0.5) is 0 Å². The van der Waals surface area contributed by atoms with Gasteiger partial charge in [-0.25, -0.2) is 0 Å². The van der Waals surface area contributed by atoms with Crippen molar-refractivity contribution in [2.24, 2.45) is 11.5 Å². The fraction of sp³-hybridized carbons (Fsp3) is 0.429. The van der Waals surface area contributed by atoms with Crippen molar-refractivity contribution >= 4 is 22.8 Å². The molecule has 2 atom stereocenters. The zero-order chi connectivity index (χ0) is 19.6. The molecule has 0 saturated carbocycles. The van der Waals surface area contributed by atoms with E-state index in [1.54, 1.807) is 0 Å². The van der Waals surface area contributed by atoms with Crippen molar-refractivity contribution in [3.63, 3.8) is 0 Å². The molecule has 4 N–H and O–H groups in total. The highest BCUT2D eigenvalue weighted by Gasteiger charge is 2.36. The number of aromatic nitrogens is 1. The molecule has 1 aliphatic heterocycles. The van der Waals surface area contributed by atoms with Gasteiger partial charge >= 0.3 is 0 Å². The standard InChI is InChI=1S/C21H28N4OS/c1-13-5-4-6-24-20(13)16-7-14(2)25(15(3)8-16)21(26)17-9-19(27-12-17)18(10-22)11-23/h4-6,9-10,12,14-16H,7-8,11,22-23H2,1-3H3/b18-10+. The molecule has 0 spiro atoms. The molecule has 0 aliphatic carbocycles. The van der Waals surface area contributed by atoms with Crippen LogP contribution in [0.2, 0.25) is 0 Å². The number of nitrogens with two attached hydrogens (primary N) is 2. The summed E-state index contributed by atoms with van der Waals surface area (Å²) in [6.07, 6.45) is 5.25. The van der Waals surface area contributed by atoms with Crippen molar-refractivity contribution in [3.05, 3.63) is 57.7 Å². The first-order chi connectivity index (χ1) is 13.0. The number of hydrogen-bond donors (Lipinski definition) is 2. The molecule has 3 heterocycles. The van der Waals surface area contributed by atoms with Crippen LogP contribution < -0.4 is 11.5 Å². The lowest BCUT2D eigenvalue weighted by Crippen LogP contribution is -2.49. The summed E-state index contributed by atoms with van der Waals surface area (Å²) >= 11 is 1.52. The Labute approximate surface area is 165 Å². The van der Waals surface area contributed by atoms with Gasteiger partial charge in [0.05, 0.1) is 5.56 Å². The van der Waals surface area contributed by atoms with Gasteiger partial charge in [0.2, 0.25) is 0 Å². The van der Waals surface area contributed by atoms with Crippen LogP contribution in [-0.4, -0.2) is 34.4 Å². The topological polar surface area (TPSA) is 85.2 Å². The second-order valence-electron chi connectivity index (χ2n) is 7.38. The molecule has 6 heteroatoms. The number of thiophene rings is 1. The molecule has 5 nitrogen and oxygen atoms in total. The third-order valence-corrected chi connectivity index (χ3v) is 6.46. The van der Waals surface area contributed by atoms with Crippen LogP contribution >= 0.6 is 11.3 Å². The normalized spacial score (nSPS) is 23.5. The Balaban J connectivity index is 1.78. The summed E-state index contributed by atoms with van der Waals surface area (Å²) in [7, 11) is 0. The monoisotopic (exact) mass is 384 g/mol. The first-order valence-electron chi connectivity index (χ1n) is 9.40. The van der Waals surface area contributed by atoms with Crippen LogP contribution in [-0.2, 0) is 0 Å². The van der Waals surface area contributed by atoms with Crippen LogP contribution in [0.15, 0.2) is 36.0 Å². The average molecular weight is 385 g/mol. The second-order valence-corrected chi connectivity index (χ2v) is 8.29. The fourth-order valence-electron chi connectivity index (χ4n) is 4.15. The van der Waals surface area contributed by atoms with E-state index in [1.165, 1.54) is 28.8 Å². The number of aryl methyl sites for hydroxylation is 1. The van der Waals surface area contributed by atoms with Crippen LogP contribution in [0.3, 0.4) is 0 Å². The van der Waals surface area contributed by atoms with Gasteiger partial charge in [0.1, 0.15) is 0 Å². The summed E-state index contributed by atoms with van der Waals surface area (Å²) in [5.74, 6) is 0.476. The molecule has 144 valence electrons. The lowest BCUT2D eigenvalue weighted by atomic mass is 9.83. The van der Waals surface area contributed by atoms with Gasteiger partial charge in [-0.15, -0.1) is 11.3 Å². The van der Waals surface area contributed by atoms with Crippen molar-refractivity contribution in [1.29, 1.82) is 0 Å². The van der Waals surface area contributed by atoms with E-state index in [4.69, 9.17) is 11.5 Å². The molecule has 2 aromatic heterocycles. The van der Waals surface area contributed by atoms with Gasteiger partial charge in [0.15, 0.2) is 0 Å². The molecule has 0 aromatic carbocycles. The molecule has 2 unspecified atom stereocenters. The van der Waals surface area contributed by atoms with Crippen molar-refractivity contribution in [2.45, 2.75) is 51.6 Å². The minimum atomic E-state index is 0.0853. The molecule has 2 aromatic rings. The highest BCUT2D eigenvalue weighted by atomic mass is 32.1. The molecular formula is C21H28N4OS. The Morgan fingerprint density at radius 1 is 1.37 bits per heavy atom. The third-order valence-electron chi connectivity index (χ3n) is 5.46. The number of nitrogens with zero attached hydrogens (tertiary/aromatic N) is 2. The molecule has 1 fully saturated rings. The zero-order valence-corrected chi connectivity index (χ0v) is 17.0. The predicted molar refractivity (Wildman–Crippen MR) is 112 cm³/mol. The quantitative estimate of drug-likeness (QED) is 0.845. The van der Waals surface area contributed by atoms with Gasteiger partial charge in [-0.3, -0.25) is 9.78 Å². The highest BCUT2D eigenvalue weighted by Crippen LogP contribution is 2.36. The van der Waals surface area contributed by atoms with Crippen LogP contribution in [0.5, 0.6) is 0 Å². The lowest BCUT2D eigenvalue weighted by molar-refractivity contribution is 0.0476. The molecule has 1 saturated heterocycles. The fourth-order valence-corrected chi connectivity index (χ4v) is 5.07. The van der Waals surface area contributed by atoms with Gasteiger partial charge in [-0.1, -0.05) is 6.07 Å². The smallest absolute Gasteiger partial charge is 0.255 e. The first-order valence-corrected chi connectivity index (χ1v) is 10.3. The Hall–Kier alpha value is -2.18. The highest BCUT2D eigenvalue weighted by molar-refractivity contribution is 7.11. The summed E-state index contributed by atoms with van der Waals surface area (Å²) in [5, 5.41) is 1.91. The maximum absolute atomic E-state index is 13.2. The number of piperidine rings is 1. The Bertz CT molecular complexity index is 832. The number of likely N-dealkylation sites (tertiary alicyclic amines) is 1. The predicted octanol–water partition coefficient (Wildman–Crippen LogP) is 3.51. The lowest BCUT2D eigenvalue weighted by Gasteiger charge is -2.42. The average Bonchev–Trinajstić information content (AvgIpc) is 3.12. The molecule has 0 bridgehead atoms. The van der Waals surface area contributed by atoms with Crippen LogP contribution in [0.25, 0.3) is 5.57 Å². The summed E-state index contributed by atoms with van der Waals surface area (Å²) < 4.78 is 0. The van der Waals surface area contributed by atoms with Crippen molar-refractivity contribution < 1.29 is 4.79 Å². The summed E-state index contributed by atoms with van der Waals surface area (Å²) in [6, 6.07) is 6.32.